The SMILES string of the molecule is O=C(CC(NC(=O)c1ccccc1Cl)c1ccccc1)NCC1=CCNCC1. The number of carbonyl (C=O) groups excluding carboxylic acids is 2. The topological polar surface area (TPSA) is 70.2 Å². The van der Waals surface area contributed by atoms with E-state index in [1.807, 2.05) is 30.3 Å². The third-order valence-corrected chi connectivity index (χ3v) is 5.02. The van der Waals surface area contributed by atoms with Gasteiger partial charge in [-0.15, -0.1) is 0 Å². The van der Waals surface area contributed by atoms with Crippen molar-refractivity contribution in [3.8, 4) is 0 Å². The molecule has 0 bridgehead atoms. The van der Waals surface area contributed by atoms with Crippen LogP contribution in [-0.4, -0.2) is 31.4 Å². The second-order valence-electron chi connectivity index (χ2n) is 6.71. The zero-order valence-corrected chi connectivity index (χ0v) is 16.3. The van der Waals surface area contributed by atoms with Crippen molar-refractivity contribution in [2.24, 2.45) is 0 Å². The Morgan fingerprint density at radius 2 is 1.82 bits per heavy atom. The van der Waals surface area contributed by atoms with E-state index in [-0.39, 0.29) is 18.2 Å². The van der Waals surface area contributed by atoms with Crippen molar-refractivity contribution in [1.82, 2.24) is 16.0 Å². The maximum atomic E-state index is 12.7. The summed E-state index contributed by atoms with van der Waals surface area (Å²) in [5.74, 6) is -0.402. The Morgan fingerprint density at radius 1 is 1.07 bits per heavy atom. The number of nitrogens with one attached hydrogen (secondary N) is 3. The van der Waals surface area contributed by atoms with Gasteiger partial charge in [-0.1, -0.05) is 65.7 Å². The van der Waals surface area contributed by atoms with Crippen molar-refractivity contribution in [1.29, 1.82) is 0 Å². The fourth-order valence-corrected chi connectivity index (χ4v) is 3.34. The van der Waals surface area contributed by atoms with Gasteiger partial charge >= 0.3 is 0 Å². The molecule has 1 atom stereocenters. The van der Waals surface area contributed by atoms with Crippen LogP contribution in [0, 0.1) is 0 Å². The van der Waals surface area contributed by atoms with Crippen LogP contribution >= 0.6 is 11.6 Å². The van der Waals surface area contributed by atoms with Gasteiger partial charge in [-0.05, 0) is 30.7 Å². The summed E-state index contributed by atoms with van der Waals surface area (Å²) in [6.07, 6.45) is 3.20. The second kappa shape index (κ2) is 10.1. The minimum Gasteiger partial charge on any atom is -0.352 e. The van der Waals surface area contributed by atoms with Gasteiger partial charge in [0, 0.05) is 13.1 Å². The van der Waals surface area contributed by atoms with Gasteiger partial charge in [0.15, 0.2) is 0 Å². The van der Waals surface area contributed by atoms with E-state index in [0.29, 0.717) is 17.1 Å². The van der Waals surface area contributed by atoms with Gasteiger partial charge in [0.25, 0.3) is 5.91 Å². The molecule has 0 spiro atoms. The molecule has 2 amide bonds. The zero-order chi connectivity index (χ0) is 19.8. The third kappa shape index (κ3) is 5.68. The molecule has 0 aromatic heterocycles. The number of hydrogen-bond donors (Lipinski definition) is 3. The monoisotopic (exact) mass is 397 g/mol. The van der Waals surface area contributed by atoms with Crippen molar-refractivity contribution < 1.29 is 9.59 Å². The highest BCUT2D eigenvalue weighted by molar-refractivity contribution is 6.33. The van der Waals surface area contributed by atoms with Gasteiger partial charge in [-0.25, -0.2) is 0 Å². The standard InChI is InChI=1S/C22H24ClN3O2/c23-19-9-5-4-8-18(19)22(28)26-20(17-6-2-1-3-7-17)14-21(27)25-15-16-10-12-24-13-11-16/h1-10,20,24H,11-15H2,(H,25,27)(H,26,28). The number of benzene rings is 2. The van der Waals surface area contributed by atoms with Crippen molar-refractivity contribution >= 4 is 23.4 Å². The average molecular weight is 398 g/mol. The van der Waals surface area contributed by atoms with Gasteiger partial charge in [-0.3, -0.25) is 9.59 Å². The highest BCUT2D eigenvalue weighted by atomic mass is 35.5. The molecule has 1 unspecified atom stereocenters. The predicted octanol–water partition coefficient (Wildman–Crippen LogP) is 3.24. The summed E-state index contributed by atoms with van der Waals surface area (Å²) in [4.78, 5) is 25.2. The molecule has 1 heterocycles. The first-order valence-corrected chi connectivity index (χ1v) is 9.77. The highest BCUT2D eigenvalue weighted by Gasteiger charge is 2.20. The molecule has 2 aromatic carbocycles. The molecule has 0 radical (unpaired) electrons. The molecule has 1 aliphatic rings. The second-order valence-corrected chi connectivity index (χ2v) is 7.12. The summed E-state index contributed by atoms with van der Waals surface area (Å²) in [7, 11) is 0. The van der Waals surface area contributed by atoms with Crippen molar-refractivity contribution in [2.75, 3.05) is 19.6 Å². The fourth-order valence-electron chi connectivity index (χ4n) is 3.12. The van der Waals surface area contributed by atoms with Crippen molar-refractivity contribution in [3.63, 3.8) is 0 Å². The Kier molecular flexibility index (Phi) is 7.23. The van der Waals surface area contributed by atoms with Gasteiger partial charge in [0.05, 0.1) is 23.0 Å². The van der Waals surface area contributed by atoms with Crippen LogP contribution in [0.25, 0.3) is 0 Å². The van der Waals surface area contributed by atoms with E-state index in [1.165, 1.54) is 5.57 Å². The summed E-state index contributed by atoms with van der Waals surface area (Å²) in [6.45, 7) is 2.31. The lowest BCUT2D eigenvalue weighted by Gasteiger charge is -2.20. The van der Waals surface area contributed by atoms with E-state index < -0.39 is 6.04 Å². The Morgan fingerprint density at radius 3 is 2.54 bits per heavy atom. The van der Waals surface area contributed by atoms with E-state index in [9.17, 15) is 9.59 Å². The summed E-state index contributed by atoms with van der Waals surface area (Å²) in [5.41, 5.74) is 2.49. The first kappa shape index (κ1) is 20.1. The summed E-state index contributed by atoms with van der Waals surface area (Å²) >= 11 is 6.14. The predicted molar refractivity (Wildman–Crippen MR) is 111 cm³/mol. The molecule has 1 aliphatic heterocycles. The van der Waals surface area contributed by atoms with E-state index in [1.54, 1.807) is 24.3 Å². The van der Waals surface area contributed by atoms with Crippen LogP contribution in [0.5, 0.6) is 0 Å². The van der Waals surface area contributed by atoms with Crippen LogP contribution in [0.3, 0.4) is 0 Å². The summed E-state index contributed by atoms with van der Waals surface area (Å²) in [5, 5.41) is 9.55. The van der Waals surface area contributed by atoms with Crippen LogP contribution in [-0.2, 0) is 4.79 Å². The van der Waals surface area contributed by atoms with Crippen LogP contribution in [0.4, 0.5) is 0 Å². The van der Waals surface area contributed by atoms with Crippen LogP contribution in [0.15, 0.2) is 66.2 Å². The Labute approximate surface area is 170 Å². The van der Waals surface area contributed by atoms with E-state index >= 15 is 0 Å². The molecule has 5 nitrogen and oxygen atoms in total. The molecule has 146 valence electrons. The van der Waals surface area contributed by atoms with Gasteiger partial charge < -0.3 is 16.0 Å². The van der Waals surface area contributed by atoms with Crippen molar-refractivity contribution in [2.45, 2.75) is 18.9 Å². The van der Waals surface area contributed by atoms with Gasteiger partial charge in [-0.2, -0.15) is 0 Å². The average Bonchev–Trinajstić information content (AvgIpc) is 2.73. The van der Waals surface area contributed by atoms with Crippen LogP contribution < -0.4 is 16.0 Å². The molecule has 0 fully saturated rings. The maximum Gasteiger partial charge on any atom is 0.253 e. The van der Waals surface area contributed by atoms with Crippen molar-refractivity contribution in [3.05, 3.63) is 82.4 Å². The highest BCUT2D eigenvalue weighted by Crippen LogP contribution is 2.20. The molecular formula is C22H24ClN3O2. The Balaban J connectivity index is 1.67. The first-order chi connectivity index (χ1) is 13.6. The lowest BCUT2D eigenvalue weighted by molar-refractivity contribution is -0.121. The van der Waals surface area contributed by atoms with E-state index in [2.05, 4.69) is 22.0 Å². The molecule has 3 rings (SSSR count). The lowest BCUT2D eigenvalue weighted by atomic mass is 10.0. The number of carbonyl (C=O) groups is 2. The van der Waals surface area contributed by atoms with Crippen LogP contribution in [0.2, 0.25) is 5.02 Å². The molecule has 0 aliphatic carbocycles. The van der Waals surface area contributed by atoms with E-state index in [4.69, 9.17) is 11.6 Å². The molecule has 3 N–H and O–H groups in total. The fraction of sp³-hybridized carbons (Fsp3) is 0.273. The molecular weight excluding hydrogens is 374 g/mol. The van der Waals surface area contributed by atoms with Gasteiger partial charge in [0.1, 0.15) is 0 Å². The van der Waals surface area contributed by atoms with Gasteiger partial charge in [0.2, 0.25) is 5.91 Å². The zero-order valence-electron chi connectivity index (χ0n) is 15.6. The Bertz CT molecular complexity index is 852. The summed E-state index contributed by atoms with van der Waals surface area (Å²) < 4.78 is 0. The third-order valence-electron chi connectivity index (χ3n) is 4.69. The Hall–Kier alpha value is -2.63. The number of amides is 2. The maximum absolute atomic E-state index is 12.7. The van der Waals surface area contributed by atoms with Crippen LogP contribution in [0.1, 0.15) is 34.8 Å². The normalized spacial score (nSPS) is 14.7. The first-order valence-electron chi connectivity index (χ1n) is 9.39. The summed E-state index contributed by atoms with van der Waals surface area (Å²) in [6, 6.07) is 15.9. The molecule has 0 saturated carbocycles. The number of rotatable bonds is 7. The number of hydrogen-bond acceptors (Lipinski definition) is 3. The molecule has 28 heavy (non-hydrogen) atoms. The molecule has 2 aromatic rings. The largest absolute Gasteiger partial charge is 0.352 e. The lowest BCUT2D eigenvalue weighted by Crippen LogP contribution is -2.35. The minimum absolute atomic E-state index is 0.104. The minimum atomic E-state index is -0.438. The molecule has 6 heteroatoms. The molecule has 0 saturated heterocycles. The smallest absolute Gasteiger partial charge is 0.253 e. The quantitative estimate of drug-likeness (QED) is 0.628. The number of halogens is 1. The van der Waals surface area contributed by atoms with E-state index in [0.717, 1.165) is 25.1 Å².